The Morgan fingerprint density at radius 3 is 2.50 bits per heavy atom. The molecule has 0 aliphatic rings. The van der Waals surface area contributed by atoms with E-state index >= 15 is 0 Å². The molecule has 0 aliphatic carbocycles. The summed E-state index contributed by atoms with van der Waals surface area (Å²) in [7, 11) is 1.18. The van der Waals surface area contributed by atoms with E-state index < -0.39 is 24.2 Å². The minimum absolute atomic E-state index is 0.371. The molecule has 0 spiro atoms. The molecule has 0 saturated heterocycles. The first-order chi connectivity index (χ1) is 8.54. The monoisotopic (exact) mass is 314 g/mol. The minimum atomic E-state index is -0.678. The van der Waals surface area contributed by atoms with E-state index in [0.717, 1.165) is 0 Å². The molecule has 0 radical (unpaired) electrons. The fraction of sp³-hybridized carbons (Fsp3) is 0.182. The van der Waals surface area contributed by atoms with Gasteiger partial charge in [-0.2, -0.15) is 0 Å². The Balaban J connectivity index is 2.50. The van der Waals surface area contributed by atoms with E-state index in [1.807, 2.05) is 0 Å². The Hall–Kier alpha value is -1.89. The van der Waals surface area contributed by atoms with Gasteiger partial charge in [-0.05, 0) is 28.1 Å². The topological polar surface area (TPSA) is 84.5 Å². The van der Waals surface area contributed by atoms with Crippen LogP contribution in [0.1, 0.15) is 16.8 Å². The Morgan fingerprint density at radius 2 is 1.89 bits per heavy atom. The zero-order valence-corrected chi connectivity index (χ0v) is 11.1. The van der Waals surface area contributed by atoms with Crippen LogP contribution in [0.25, 0.3) is 0 Å². The molecule has 0 unspecified atom stereocenters. The molecular formula is C11H11BrN2O4. The van der Waals surface area contributed by atoms with E-state index in [9.17, 15) is 14.4 Å². The Kier molecular flexibility index (Phi) is 5.31. The smallest absolute Gasteiger partial charge is 0.315 e. The van der Waals surface area contributed by atoms with Crippen LogP contribution in [-0.4, -0.2) is 24.9 Å². The number of hydrogen-bond acceptors (Lipinski definition) is 4. The van der Waals surface area contributed by atoms with Gasteiger partial charge in [-0.15, -0.1) is 0 Å². The van der Waals surface area contributed by atoms with Crippen LogP contribution in [0, 0.1) is 0 Å². The molecule has 0 bridgehead atoms. The predicted octanol–water partition coefficient (Wildman–Crippen LogP) is 0.773. The van der Waals surface area contributed by atoms with Gasteiger partial charge in [0, 0.05) is 4.47 Å². The lowest BCUT2D eigenvalue weighted by Crippen LogP contribution is -2.42. The molecule has 2 N–H and O–H groups in total. The second kappa shape index (κ2) is 6.75. The molecular weight excluding hydrogens is 304 g/mol. The molecule has 0 aromatic heterocycles. The summed E-state index contributed by atoms with van der Waals surface area (Å²) in [5, 5.41) is 0. The number of carbonyl (C=O) groups excluding carboxylic acids is 3. The number of rotatable bonds is 3. The van der Waals surface area contributed by atoms with Crippen molar-refractivity contribution in [2.75, 3.05) is 7.11 Å². The van der Waals surface area contributed by atoms with Crippen LogP contribution >= 0.6 is 15.9 Å². The van der Waals surface area contributed by atoms with Gasteiger partial charge in [-0.25, -0.2) is 0 Å². The van der Waals surface area contributed by atoms with Crippen LogP contribution in [0.15, 0.2) is 28.7 Å². The molecule has 7 heteroatoms. The molecule has 0 fully saturated rings. The third kappa shape index (κ3) is 4.17. The summed E-state index contributed by atoms with van der Waals surface area (Å²) in [5.74, 6) is -1.81. The van der Waals surface area contributed by atoms with Gasteiger partial charge in [-0.3, -0.25) is 25.2 Å². The molecule has 0 atom stereocenters. The van der Waals surface area contributed by atoms with Gasteiger partial charge in [0.25, 0.3) is 5.91 Å². The van der Waals surface area contributed by atoms with Crippen molar-refractivity contribution in [1.82, 2.24) is 10.9 Å². The molecule has 18 heavy (non-hydrogen) atoms. The van der Waals surface area contributed by atoms with Crippen molar-refractivity contribution in [1.29, 1.82) is 0 Å². The third-order valence-electron chi connectivity index (χ3n) is 1.97. The van der Waals surface area contributed by atoms with Gasteiger partial charge < -0.3 is 4.74 Å². The highest BCUT2D eigenvalue weighted by Crippen LogP contribution is 2.14. The second-order valence-electron chi connectivity index (χ2n) is 3.24. The second-order valence-corrected chi connectivity index (χ2v) is 4.09. The molecule has 0 saturated carbocycles. The van der Waals surface area contributed by atoms with Gasteiger partial charge >= 0.3 is 5.97 Å². The van der Waals surface area contributed by atoms with E-state index in [4.69, 9.17) is 0 Å². The van der Waals surface area contributed by atoms with Crippen LogP contribution in [0.4, 0.5) is 0 Å². The van der Waals surface area contributed by atoms with Crippen molar-refractivity contribution in [3.63, 3.8) is 0 Å². The fourth-order valence-corrected chi connectivity index (χ4v) is 1.55. The molecule has 1 rings (SSSR count). The Morgan fingerprint density at radius 1 is 1.22 bits per heavy atom. The lowest BCUT2D eigenvalue weighted by Gasteiger charge is -2.07. The van der Waals surface area contributed by atoms with E-state index in [1.165, 1.54) is 7.11 Å². The summed E-state index contributed by atoms with van der Waals surface area (Å²) in [6.45, 7) is 0. The average molecular weight is 315 g/mol. The zero-order valence-electron chi connectivity index (χ0n) is 9.53. The third-order valence-corrected chi connectivity index (χ3v) is 2.66. The number of hydrogen-bond donors (Lipinski definition) is 2. The summed E-state index contributed by atoms with van der Waals surface area (Å²) < 4.78 is 4.91. The summed E-state index contributed by atoms with van der Waals surface area (Å²) in [6, 6.07) is 6.74. The number of esters is 1. The first-order valence-corrected chi connectivity index (χ1v) is 5.74. The van der Waals surface area contributed by atoms with Crippen molar-refractivity contribution in [2.45, 2.75) is 6.42 Å². The van der Waals surface area contributed by atoms with Crippen LogP contribution in [0.2, 0.25) is 0 Å². The van der Waals surface area contributed by atoms with Crippen molar-refractivity contribution < 1.29 is 19.1 Å². The number of amides is 2. The number of hydrazine groups is 1. The van der Waals surface area contributed by atoms with E-state index in [-0.39, 0.29) is 0 Å². The number of methoxy groups -OCH3 is 1. The summed E-state index contributed by atoms with van der Waals surface area (Å²) in [4.78, 5) is 33.6. The summed E-state index contributed by atoms with van der Waals surface area (Å²) >= 11 is 3.21. The first kappa shape index (κ1) is 14.2. The van der Waals surface area contributed by atoms with E-state index in [2.05, 4.69) is 31.5 Å². The largest absolute Gasteiger partial charge is 0.469 e. The maximum Gasteiger partial charge on any atom is 0.315 e. The van der Waals surface area contributed by atoms with Crippen molar-refractivity contribution >= 4 is 33.7 Å². The van der Waals surface area contributed by atoms with Crippen molar-refractivity contribution in [2.24, 2.45) is 0 Å². The lowest BCUT2D eigenvalue weighted by atomic mass is 10.2. The van der Waals surface area contributed by atoms with Gasteiger partial charge in [-0.1, -0.05) is 12.1 Å². The fourth-order valence-electron chi connectivity index (χ4n) is 1.09. The SMILES string of the molecule is COC(=O)CC(=O)NNC(=O)c1ccccc1Br. The van der Waals surface area contributed by atoms with Crippen LogP contribution in [-0.2, 0) is 14.3 Å². The van der Waals surface area contributed by atoms with Gasteiger partial charge in [0.05, 0.1) is 12.7 Å². The van der Waals surface area contributed by atoms with Crippen LogP contribution in [0.3, 0.4) is 0 Å². The van der Waals surface area contributed by atoms with Gasteiger partial charge in [0.1, 0.15) is 6.42 Å². The highest BCUT2D eigenvalue weighted by atomic mass is 79.9. The van der Waals surface area contributed by atoms with Crippen molar-refractivity contribution in [3.05, 3.63) is 34.3 Å². The maximum absolute atomic E-state index is 11.7. The zero-order chi connectivity index (χ0) is 13.5. The number of benzene rings is 1. The van der Waals surface area contributed by atoms with Gasteiger partial charge in [0.2, 0.25) is 5.91 Å². The molecule has 0 heterocycles. The standard InChI is InChI=1S/C11H11BrN2O4/c1-18-10(16)6-9(15)13-14-11(17)7-4-2-3-5-8(7)12/h2-5H,6H2,1H3,(H,13,15)(H,14,17). The van der Waals surface area contributed by atoms with Gasteiger partial charge in [0.15, 0.2) is 0 Å². The highest BCUT2D eigenvalue weighted by molar-refractivity contribution is 9.10. The summed E-state index contributed by atoms with van der Waals surface area (Å²) in [5.41, 5.74) is 4.68. The molecule has 2 amide bonds. The lowest BCUT2D eigenvalue weighted by molar-refractivity contribution is -0.144. The molecule has 1 aromatic rings. The molecule has 0 aliphatic heterocycles. The van der Waals surface area contributed by atoms with Crippen LogP contribution in [0.5, 0.6) is 0 Å². The average Bonchev–Trinajstić information content (AvgIpc) is 2.36. The first-order valence-electron chi connectivity index (χ1n) is 4.95. The normalized spacial score (nSPS) is 9.44. The van der Waals surface area contributed by atoms with E-state index in [0.29, 0.717) is 10.0 Å². The Bertz CT molecular complexity index is 476. The number of ether oxygens (including phenoxy) is 1. The molecule has 1 aromatic carbocycles. The number of carbonyl (C=O) groups is 3. The number of halogens is 1. The quantitative estimate of drug-likeness (QED) is 0.490. The highest BCUT2D eigenvalue weighted by Gasteiger charge is 2.12. The molecule has 96 valence electrons. The number of nitrogens with one attached hydrogen (secondary N) is 2. The summed E-state index contributed by atoms with van der Waals surface area (Å²) in [6.07, 6.45) is -0.452. The van der Waals surface area contributed by atoms with Crippen LogP contribution < -0.4 is 10.9 Å². The predicted molar refractivity (Wildman–Crippen MR) is 66.4 cm³/mol. The minimum Gasteiger partial charge on any atom is -0.469 e. The van der Waals surface area contributed by atoms with E-state index in [1.54, 1.807) is 24.3 Å². The maximum atomic E-state index is 11.7. The Labute approximate surface area is 112 Å². The van der Waals surface area contributed by atoms with Crippen molar-refractivity contribution in [3.8, 4) is 0 Å². The molecule has 6 nitrogen and oxygen atoms in total.